The van der Waals surface area contributed by atoms with Crippen LogP contribution in [0.2, 0.25) is 1.41 Å². The molecule has 0 radical (unpaired) electrons. The van der Waals surface area contributed by atoms with Crippen LogP contribution in [0.25, 0.3) is 0 Å². The van der Waals surface area contributed by atoms with Crippen LogP contribution in [0.5, 0.6) is 5.75 Å². The minimum absolute atomic E-state index is 0.121. The van der Waals surface area contributed by atoms with Gasteiger partial charge in [-0.15, -0.1) is 0 Å². The molecule has 0 spiro atoms. The second-order valence-corrected chi connectivity index (χ2v) is 2.15. The average Bonchev–Trinajstić information content (AvgIpc) is 2.04. The zero-order valence-electron chi connectivity index (χ0n) is 7.11. The summed E-state index contributed by atoms with van der Waals surface area (Å²) in [7, 11) is 0. The van der Waals surface area contributed by atoms with Crippen LogP contribution >= 0.6 is 0 Å². The number of carbonyl (C=O) groups excluding carboxylic acids is 1. The van der Waals surface area contributed by atoms with E-state index in [0.717, 1.165) is 5.31 Å². The normalized spacial score (nSPS) is 10.5. The topological polar surface area (TPSA) is 49.3 Å². The van der Waals surface area contributed by atoms with Crippen LogP contribution in [-0.2, 0) is 4.79 Å². The summed E-state index contributed by atoms with van der Waals surface area (Å²) in [6, 6.07) is 5.87. The fraction of sp³-hybridized carbons (Fsp3) is 0.125. The van der Waals surface area contributed by atoms with E-state index in [1.165, 1.54) is 31.2 Å². The largest absolute Gasteiger partial charge is 0.508 e. The molecule has 0 saturated heterocycles. The van der Waals surface area contributed by atoms with Gasteiger partial charge in [0.25, 0.3) is 0 Å². The third-order valence-corrected chi connectivity index (χ3v) is 1.14. The maximum absolute atomic E-state index is 10.7. The predicted molar refractivity (Wildman–Crippen MR) is 42.4 cm³/mol. The third-order valence-electron chi connectivity index (χ3n) is 1.14. The number of phenols is 1. The predicted octanol–water partition coefficient (Wildman–Crippen LogP) is 1.35. The highest BCUT2D eigenvalue weighted by molar-refractivity contribution is 5.88. The number of carbonyl (C=O) groups is 1. The SMILES string of the molecule is [2H]N(C(C)=O)c1ccc(O)cc1. The summed E-state index contributed by atoms with van der Waals surface area (Å²) in [5, 5.41) is 9.68. The molecule has 3 heteroatoms. The number of hydrogen-bond acceptors (Lipinski definition) is 2. The van der Waals surface area contributed by atoms with Crippen LogP contribution in [0.4, 0.5) is 5.69 Å². The molecule has 0 atom stereocenters. The van der Waals surface area contributed by atoms with E-state index in [1.807, 2.05) is 0 Å². The number of hydrogen-bond donors (Lipinski definition) is 2. The lowest BCUT2D eigenvalue weighted by Gasteiger charge is -1.99. The number of rotatable bonds is 1. The Morgan fingerprint density at radius 3 is 2.55 bits per heavy atom. The molecule has 1 rings (SSSR count). The summed E-state index contributed by atoms with van der Waals surface area (Å²) in [6.07, 6.45) is 0. The first-order chi connectivity index (χ1) is 5.61. The molecule has 0 aliphatic rings. The molecule has 3 nitrogen and oxygen atoms in total. The van der Waals surface area contributed by atoms with Gasteiger partial charge in [-0.3, -0.25) is 4.79 Å². The monoisotopic (exact) mass is 152 g/mol. The Balaban J connectivity index is 2.89. The highest BCUT2D eigenvalue weighted by Crippen LogP contribution is 2.13. The molecule has 0 aromatic heterocycles. The Morgan fingerprint density at radius 2 is 2.09 bits per heavy atom. The highest BCUT2D eigenvalue weighted by atomic mass is 16.3. The highest BCUT2D eigenvalue weighted by Gasteiger charge is 1.93. The third kappa shape index (κ3) is 2.29. The van der Waals surface area contributed by atoms with Crippen molar-refractivity contribution in [3.8, 4) is 5.75 Å². The number of aromatic hydroxyl groups is 1. The molecule has 2 N–H and O–H groups in total. The van der Waals surface area contributed by atoms with Gasteiger partial charge in [0.1, 0.15) is 5.75 Å². The van der Waals surface area contributed by atoms with Gasteiger partial charge in [-0.25, -0.2) is 0 Å². The number of nitrogens with one attached hydrogen (secondary N) is 1. The van der Waals surface area contributed by atoms with Gasteiger partial charge in [-0.1, -0.05) is 0 Å². The number of amides is 1. The summed E-state index contributed by atoms with van der Waals surface area (Å²) in [6.45, 7) is 1.31. The standard InChI is InChI=1S/C8H9NO2/c1-6(10)9-7-2-4-8(11)5-3-7/h2-5,11H,1H3,(H,9,10)/i/hD. The molecule has 0 fully saturated rings. The Morgan fingerprint density at radius 1 is 1.55 bits per heavy atom. The van der Waals surface area contributed by atoms with E-state index < -0.39 is 0 Å². The molecular formula is C8H9NO2. The van der Waals surface area contributed by atoms with E-state index in [9.17, 15) is 4.79 Å². The van der Waals surface area contributed by atoms with Crippen molar-refractivity contribution in [2.24, 2.45) is 0 Å². The van der Waals surface area contributed by atoms with Crippen molar-refractivity contribution in [3.63, 3.8) is 0 Å². The molecule has 0 aliphatic carbocycles. The van der Waals surface area contributed by atoms with Gasteiger partial charge >= 0.3 is 0 Å². The van der Waals surface area contributed by atoms with E-state index in [4.69, 9.17) is 6.52 Å². The summed E-state index contributed by atoms with van der Waals surface area (Å²) in [5.41, 5.74) is 0.445. The van der Waals surface area contributed by atoms with Crippen molar-refractivity contribution in [2.75, 3.05) is 5.31 Å². The molecular weight excluding hydrogens is 142 g/mol. The van der Waals surface area contributed by atoms with E-state index >= 15 is 0 Å². The lowest BCUT2D eigenvalue weighted by atomic mass is 10.3. The quantitative estimate of drug-likeness (QED) is 0.597. The first kappa shape index (κ1) is 6.22. The van der Waals surface area contributed by atoms with Gasteiger partial charge in [0.05, 0.1) is 0 Å². The van der Waals surface area contributed by atoms with Crippen LogP contribution in [0.3, 0.4) is 0 Å². The Labute approximate surface area is 66.1 Å². The summed E-state index contributed by atoms with van der Waals surface area (Å²) in [4.78, 5) is 10.7. The van der Waals surface area contributed by atoms with Crippen molar-refractivity contribution in [3.05, 3.63) is 24.3 Å². The van der Waals surface area contributed by atoms with Crippen LogP contribution in [-0.4, -0.2) is 11.0 Å². The van der Waals surface area contributed by atoms with Crippen molar-refractivity contribution >= 4 is 11.6 Å². The molecule has 0 bridgehead atoms. The first-order valence-corrected chi connectivity index (χ1v) is 3.20. The van der Waals surface area contributed by atoms with Crippen LogP contribution in [0, 0.1) is 0 Å². The number of benzene rings is 1. The number of anilines is 1. The fourth-order valence-electron chi connectivity index (χ4n) is 0.709. The zero-order valence-corrected chi connectivity index (χ0v) is 6.11. The Kier molecular flexibility index (Phi) is 1.73. The van der Waals surface area contributed by atoms with Crippen LogP contribution < -0.4 is 5.31 Å². The van der Waals surface area contributed by atoms with Crippen LogP contribution in [0.15, 0.2) is 24.3 Å². The minimum Gasteiger partial charge on any atom is -0.508 e. The van der Waals surface area contributed by atoms with Gasteiger partial charge in [-0.05, 0) is 24.3 Å². The van der Waals surface area contributed by atoms with E-state index in [-0.39, 0.29) is 11.7 Å². The van der Waals surface area contributed by atoms with E-state index in [0.29, 0.717) is 5.69 Å². The second-order valence-electron chi connectivity index (χ2n) is 2.15. The molecule has 1 amide bonds. The van der Waals surface area contributed by atoms with Gasteiger partial charge in [0.2, 0.25) is 5.91 Å². The molecule has 0 unspecified atom stereocenters. The average molecular weight is 152 g/mol. The van der Waals surface area contributed by atoms with E-state index in [1.54, 1.807) is 0 Å². The van der Waals surface area contributed by atoms with Crippen molar-refractivity contribution in [1.82, 2.24) is 0 Å². The smallest absolute Gasteiger partial charge is 0.221 e. The number of phenolic OH excluding ortho intramolecular Hbond substituents is 1. The second kappa shape index (κ2) is 3.05. The van der Waals surface area contributed by atoms with Gasteiger partial charge in [0, 0.05) is 12.6 Å². The molecule has 1 aromatic carbocycles. The molecule has 11 heavy (non-hydrogen) atoms. The van der Waals surface area contributed by atoms with Crippen molar-refractivity contribution < 1.29 is 11.3 Å². The summed E-state index contributed by atoms with van der Waals surface area (Å²) in [5.74, 6) is -0.239. The van der Waals surface area contributed by atoms with Crippen LogP contribution in [0.1, 0.15) is 6.92 Å². The summed E-state index contributed by atoms with van der Waals surface area (Å²) >= 11 is 0. The van der Waals surface area contributed by atoms with Crippen molar-refractivity contribution in [2.45, 2.75) is 6.92 Å². The molecule has 58 valence electrons. The molecule has 0 saturated carbocycles. The first-order valence-electron chi connectivity index (χ1n) is 3.64. The molecule has 0 aliphatic heterocycles. The van der Waals surface area contributed by atoms with Gasteiger partial charge in [-0.2, -0.15) is 0 Å². The fourth-order valence-corrected chi connectivity index (χ4v) is 0.709. The van der Waals surface area contributed by atoms with Crippen molar-refractivity contribution in [1.29, 1.82) is 0 Å². The zero-order chi connectivity index (χ0) is 9.14. The Hall–Kier alpha value is -1.51. The minimum atomic E-state index is -0.360. The van der Waals surface area contributed by atoms with Gasteiger partial charge in [0.15, 0.2) is 1.41 Å². The maximum Gasteiger partial charge on any atom is 0.221 e. The Bertz CT molecular complexity index is 284. The van der Waals surface area contributed by atoms with Gasteiger partial charge < -0.3 is 10.4 Å². The molecule has 1 aromatic rings. The lowest BCUT2D eigenvalue weighted by molar-refractivity contribution is -0.114. The molecule has 0 heterocycles. The summed E-state index contributed by atoms with van der Waals surface area (Å²) < 4.78 is 7.24. The lowest BCUT2D eigenvalue weighted by Crippen LogP contribution is -2.04. The van der Waals surface area contributed by atoms with E-state index in [2.05, 4.69) is 0 Å². The maximum atomic E-state index is 10.7.